The first-order chi connectivity index (χ1) is 1.73. The molecule has 0 spiro atoms. The van der Waals surface area contributed by atoms with Crippen molar-refractivity contribution in [3.63, 3.8) is 0 Å². The second-order valence-electron chi connectivity index (χ2n) is 0.611. The molecule has 3 heteroatoms. The fourth-order valence-corrected chi connectivity index (χ4v) is 0. The van der Waals surface area contributed by atoms with Crippen LogP contribution in [0.4, 0.5) is 0 Å². The van der Waals surface area contributed by atoms with Gasteiger partial charge in [0.25, 0.3) is 0 Å². The molecule has 0 aliphatic rings. The van der Waals surface area contributed by atoms with Crippen LogP contribution >= 0.6 is 12.2 Å². The Bertz CT molecular complexity index is 32.6. The minimum Gasteiger partial charge on any atom is -0.394 e. The van der Waals surface area contributed by atoms with Crippen LogP contribution in [0.2, 0.25) is 0 Å². The summed E-state index contributed by atoms with van der Waals surface area (Å²) >= 11 is 4.31. The van der Waals surface area contributed by atoms with Gasteiger partial charge in [0.05, 0.1) is 4.99 Å². The van der Waals surface area contributed by atoms with Crippen molar-refractivity contribution in [2.45, 2.75) is 6.92 Å². The third-order valence-electron chi connectivity index (χ3n) is 0. The van der Waals surface area contributed by atoms with E-state index < -0.39 is 0 Å². The van der Waals surface area contributed by atoms with E-state index in [2.05, 4.69) is 12.2 Å². The van der Waals surface area contributed by atoms with Crippen LogP contribution in [0.3, 0.4) is 0 Å². The predicted molar refractivity (Wildman–Crippen MR) is 22.5 cm³/mol. The first-order valence-electron chi connectivity index (χ1n) is 0.993. The Morgan fingerprint density at radius 3 is 1.80 bits per heavy atom. The molecule has 0 saturated carbocycles. The summed E-state index contributed by atoms with van der Waals surface area (Å²) in [5, 5.41) is 0. The fraction of sp³-hybridized carbons (Fsp3) is 0.500. The minimum absolute atomic E-state index is 0. The minimum atomic E-state index is 0. The van der Waals surface area contributed by atoms with Gasteiger partial charge in [0.1, 0.15) is 0 Å². The average molecular weight is 134 g/mol. The molecule has 0 aliphatic carbocycles. The van der Waals surface area contributed by atoms with Crippen LogP contribution in [-0.2, 0) is 16.8 Å². The Morgan fingerprint density at radius 2 is 1.80 bits per heavy atom. The van der Waals surface area contributed by atoms with Gasteiger partial charge in [-0.05, 0) is 6.92 Å². The zero-order valence-corrected chi connectivity index (χ0v) is 4.68. The van der Waals surface area contributed by atoms with Crippen LogP contribution in [0.25, 0.3) is 0 Å². The molecular weight excluding hydrogens is 129 g/mol. The number of hydrogen-bond donors (Lipinski definition) is 1. The maximum Gasteiger partial charge on any atom is 0.0695 e. The molecule has 0 atom stereocenters. The SMILES string of the molecule is CC(N)=S.[Co]. The van der Waals surface area contributed by atoms with Crippen molar-refractivity contribution in [1.82, 2.24) is 0 Å². The molecule has 5 heavy (non-hydrogen) atoms. The topological polar surface area (TPSA) is 26.0 Å². The number of nitrogens with two attached hydrogens (primary N) is 1. The van der Waals surface area contributed by atoms with Gasteiger partial charge in [-0.3, -0.25) is 0 Å². The molecule has 0 aromatic rings. The van der Waals surface area contributed by atoms with E-state index >= 15 is 0 Å². The number of rotatable bonds is 0. The zero-order chi connectivity index (χ0) is 3.58. The Labute approximate surface area is 47.1 Å². The zero-order valence-electron chi connectivity index (χ0n) is 2.82. The van der Waals surface area contributed by atoms with E-state index in [-0.39, 0.29) is 16.8 Å². The van der Waals surface area contributed by atoms with Crippen molar-refractivity contribution in [3.8, 4) is 0 Å². The van der Waals surface area contributed by atoms with Crippen LogP contribution in [0.5, 0.6) is 0 Å². The number of thiocarbonyl (C=S) groups is 1. The van der Waals surface area contributed by atoms with Gasteiger partial charge in [-0.2, -0.15) is 0 Å². The first kappa shape index (κ1) is 9.04. The Hall–Kier alpha value is 0.396. The summed E-state index contributed by atoms with van der Waals surface area (Å²) in [6, 6.07) is 0. The molecule has 0 aromatic carbocycles. The van der Waals surface area contributed by atoms with Gasteiger partial charge in [0.15, 0.2) is 0 Å². The summed E-state index contributed by atoms with van der Waals surface area (Å²) in [7, 11) is 0. The predicted octanol–water partition coefficient (Wildman–Crippen LogP) is 0.290. The Kier molecular flexibility index (Phi) is 7.95. The molecule has 0 heterocycles. The van der Waals surface area contributed by atoms with Crippen LogP contribution in [0.1, 0.15) is 6.92 Å². The monoisotopic (exact) mass is 134 g/mol. The van der Waals surface area contributed by atoms with Gasteiger partial charge >= 0.3 is 0 Å². The molecule has 0 rings (SSSR count). The van der Waals surface area contributed by atoms with Crippen LogP contribution in [0.15, 0.2) is 0 Å². The molecule has 2 N–H and O–H groups in total. The summed E-state index contributed by atoms with van der Waals surface area (Å²) in [6.07, 6.45) is 0. The molecule has 1 radical (unpaired) electrons. The van der Waals surface area contributed by atoms with Gasteiger partial charge in [-0.15, -0.1) is 0 Å². The Morgan fingerprint density at radius 1 is 1.80 bits per heavy atom. The standard InChI is InChI=1S/C2H5NS.Co/c1-2(3)4;/h1H3,(H2,3,4);. The quantitative estimate of drug-likeness (QED) is 0.482. The van der Waals surface area contributed by atoms with E-state index in [0.29, 0.717) is 4.99 Å². The average Bonchev–Trinajstić information content (AvgIpc) is 0.811. The van der Waals surface area contributed by atoms with Gasteiger partial charge in [0.2, 0.25) is 0 Å². The van der Waals surface area contributed by atoms with Gasteiger partial charge in [-0.25, -0.2) is 0 Å². The molecular formula is C2H5CoNS. The van der Waals surface area contributed by atoms with Crippen molar-refractivity contribution in [3.05, 3.63) is 0 Å². The van der Waals surface area contributed by atoms with Crippen molar-refractivity contribution in [1.29, 1.82) is 0 Å². The maximum atomic E-state index is 4.84. The summed E-state index contributed by atoms with van der Waals surface area (Å²) in [5.74, 6) is 0. The first-order valence-corrected chi connectivity index (χ1v) is 1.40. The largest absolute Gasteiger partial charge is 0.394 e. The van der Waals surface area contributed by atoms with E-state index in [9.17, 15) is 0 Å². The van der Waals surface area contributed by atoms with Crippen LogP contribution < -0.4 is 5.73 Å². The maximum absolute atomic E-state index is 4.84. The second-order valence-corrected chi connectivity index (χ2v) is 1.25. The third-order valence-corrected chi connectivity index (χ3v) is 0. The number of hydrogen-bond acceptors (Lipinski definition) is 1. The molecule has 1 nitrogen and oxygen atoms in total. The molecule has 0 fully saturated rings. The van der Waals surface area contributed by atoms with E-state index in [0.717, 1.165) is 0 Å². The summed E-state index contributed by atoms with van der Waals surface area (Å²) < 4.78 is 0. The van der Waals surface area contributed by atoms with E-state index in [4.69, 9.17) is 5.73 Å². The van der Waals surface area contributed by atoms with E-state index in [1.165, 1.54) is 0 Å². The molecule has 0 aromatic heterocycles. The van der Waals surface area contributed by atoms with Gasteiger partial charge in [-0.1, -0.05) is 12.2 Å². The van der Waals surface area contributed by atoms with E-state index in [1.54, 1.807) is 6.92 Å². The fourth-order valence-electron chi connectivity index (χ4n) is 0. The van der Waals surface area contributed by atoms with Crippen molar-refractivity contribution < 1.29 is 16.8 Å². The summed E-state index contributed by atoms with van der Waals surface area (Å²) in [4.78, 5) is 0.500. The van der Waals surface area contributed by atoms with Crippen LogP contribution in [0, 0.1) is 0 Å². The normalized spacial score (nSPS) is 5.00. The third kappa shape index (κ3) is 161. The summed E-state index contributed by atoms with van der Waals surface area (Å²) in [5.41, 5.74) is 4.84. The molecule has 0 unspecified atom stereocenters. The molecule has 0 aliphatic heterocycles. The molecule has 0 saturated heterocycles. The summed E-state index contributed by atoms with van der Waals surface area (Å²) in [6.45, 7) is 1.68. The second kappa shape index (κ2) is 4.40. The molecule has 0 amide bonds. The van der Waals surface area contributed by atoms with Crippen molar-refractivity contribution >= 4 is 17.2 Å². The van der Waals surface area contributed by atoms with Gasteiger partial charge in [0, 0.05) is 16.8 Å². The van der Waals surface area contributed by atoms with Gasteiger partial charge < -0.3 is 5.73 Å². The smallest absolute Gasteiger partial charge is 0.0695 e. The molecule has 33 valence electrons. The van der Waals surface area contributed by atoms with Crippen molar-refractivity contribution in [2.24, 2.45) is 5.73 Å². The van der Waals surface area contributed by atoms with E-state index in [1.807, 2.05) is 0 Å². The van der Waals surface area contributed by atoms with Crippen molar-refractivity contribution in [2.75, 3.05) is 0 Å². The van der Waals surface area contributed by atoms with Crippen LogP contribution in [-0.4, -0.2) is 4.99 Å². The molecule has 0 bridgehead atoms. The Balaban J connectivity index is 0.